The van der Waals surface area contributed by atoms with Crippen molar-refractivity contribution in [3.63, 3.8) is 0 Å². The highest BCUT2D eigenvalue weighted by Gasteiger charge is 2.18. The van der Waals surface area contributed by atoms with Gasteiger partial charge in [-0.05, 0) is 33.2 Å². The van der Waals surface area contributed by atoms with E-state index in [1.165, 1.54) is 14.1 Å². The second kappa shape index (κ2) is 3.96. The minimum atomic E-state index is -0.752. The molecule has 4 heteroatoms. The van der Waals surface area contributed by atoms with Gasteiger partial charge in [0.1, 0.15) is 0 Å². The molecule has 0 amide bonds. The van der Waals surface area contributed by atoms with E-state index in [4.69, 9.17) is 0 Å². The van der Waals surface area contributed by atoms with Crippen LogP contribution in [0.15, 0.2) is 36.1 Å². The number of likely N-dealkylation sites (N-methyl/N-ethyl adjacent to an activating group) is 2. The van der Waals surface area contributed by atoms with Gasteiger partial charge >= 0.3 is 0 Å². The van der Waals surface area contributed by atoms with Gasteiger partial charge in [0.05, 0.1) is 0 Å². The predicted molar refractivity (Wildman–Crippen MR) is 57.0 cm³/mol. The first-order valence-corrected chi connectivity index (χ1v) is 4.36. The first kappa shape index (κ1) is 11.0. The summed E-state index contributed by atoms with van der Waals surface area (Å²) in [6.45, 7) is 1.76. The molecule has 1 aliphatic carbocycles. The second-order valence-corrected chi connectivity index (χ2v) is 3.51. The first-order chi connectivity index (χ1) is 6.46. The number of nitrogens with zero attached hydrogens (tertiary/aromatic N) is 2. The fourth-order valence-corrected chi connectivity index (χ4v) is 1.19. The Morgan fingerprint density at radius 2 is 1.86 bits per heavy atom. The van der Waals surface area contributed by atoms with Crippen molar-refractivity contribution in [2.45, 2.75) is 12.5 Å². The topological polar surface area (TPSA) is 52.6 Å². The molecule has 1 unspecified atom stereocenters. The van der Waals surface area contributed by atoms with E-state index in [0.29, 0.717) is 5.70 Å². The van der Waals surface area contributed by atoms with Crippen molar-refractivity contribution in [3.05, 3.63) is 46.5 Å². The molecule has 1 atom stereocenters. The molecule has 0 radical (unpaired) electrons. The summed E-state index contributed by atoms with van der Waals surface area (Å²) in [7, 11) is 2.85. The smallest absolute Gasteiger partial charge is 0.0456 e. The largest absolute Gasteiger partial charge is 0.784 e. The molecule has 0 aromatic heterocycles. The highest BCUT2D eigenvalue weighted by Crippen LogP contribution is 2.22. The Labute approximate surface area is 84.0 Å². The van der Waals surface area contributed by atoms with E-state index in [1.807, 2.05) is 0 Å². The van der Waals surface area contributed by atoms with Crippen LogP contribution in [0.5, 0.6) is 0 Å². The fourth-order valence-electron chi connectivity index (χ4n) is 1.19. The lowest BCUT2D eigenvalue weighted by Crippen LogP contribution is -2.36. The Bertz CT molecular complexity index is 292. The summed E-state index contributed by atoms with van der Waals surface area (Å²) in [5, 5.41) is 24.0. The predicted octanol–water partition coefficient (Wildman–Crippen LogP) is 1.61. The molecule has 0 aromatic rings. The normalized spacial score (nSPS) is 26.3. The van der Waals surface area contributed by atoms with Crippen LogP contribution in [0.25, 0.3) is 0 Å². The van der Waals surface area contributed by atoms with Crippen LogP contribution >= 0.6 is 0 Å². The first-order valence-electron chi connectivity index (χ1n) is 4.36. The standard InChI is InChI=1S/C10H14N2O2/c1-10(12(3)14)7-5-4-6-9(8-10)11(2)13/h4-8H,1-3H3/q-2. The van der Waals surface area contributed by atoms with Gasteiger partial charge in [0, 0.05) is 11.2 Å². The Kier molecular flexibility index (Phi) is 3.10. The van der Waals surface area contributed by atoms with Crippen LogP contribution in [0.1, 0.15) is 6.92 Å². The van der Waals surface area contributed by atoms with Crippen LogP contribution in [-0.2, 0) is 0 Å². The zero-order chi connectivity index (χ0) is 10.8. The molecule has 0 heterocycles. The number of hydrogen-bond acceptors (Lipinski definition) is 4. The highest BCUT2D eigenvalue weighted by atomic mass is 16.5. The van der Waals surface area contributed by atoms with Crippen molar-refractivity contribution in [3.8, 4) is 0 Å². The van der Waals surface area contributed by atoms with Gasteiger partial charge in [-0.1, -0.05) is 18.2 Å². The van der Waals surface area contributed by atoms with Gasteiger partial charge in [-0.15, -0.1) is 0 Å². The van der Waals surface area contributed by atoms with Crippen molar-refractivity contribution in [1.29, 1.82) is 0 Å². The summed E-state index contributed by atoms with van der Waals surface area (Å²) in [6, 6.07) is 0. The van der Waals surface area contributed by atoms with E-state index >= 15 is 0 Å². The Balaban J connectivity index is 3.05. The van der Waals surface area contributed by atoms with E-state index in [9.17, 15) is 10.4 Å². The Morgan fingerprint density at radius 3 is 2.36 bits per heavy atom. The summed E-state index contributed by atoms with van der Waals surface area (Å²) in [5.41, 5.74) is -0.266. The molecule has 14 heavy (non-hydrogen) atoms. The van der Waals surface area contributed by atoms with Crippen LogP contribution in [0.2, 0.25) is 0 Å². The third-order valence-corrected chi connectivity index (χ3v) is 2.29. The number of rotatable bonds is 2. The molecule has 0 fully saturated rings. The van der Waals surface area contributed by atoms with Crippen LogP contribution in [-0.4, -0.2) is 29.8 Å². The van der Waals surface area contributed by atoms with Crippen LogP contribution in [0, 0.1) is 10.4 Å². The number of hydrogen-bond donors (Lipinski definition) is 0. The molecule has 0 saturated heterocycles. The molecular formula is C10H14N2O2-2. The third-order valence-electron chi connectivity index (χ3n) is 2.29. The quantitative estimate of drug-likeness (QED) is 0.627. The summed E-state index contributed by atoms with van der Waals surface area (Å²) in [5.74, 6) is 0. The highest BCUT2D eigenvalue weighted by molar-refractivity contribution is 5.33. The maximum Gasteiger partial charge on any atom is 0.0456 e. The molecule has 0 aromatic carbocycles. The SMILES string of the molecule is CN([O-])C1=CC(C)(N(C)[O-])C=CC=C1. The van der Waals surface area contributed by atoms with Gasteiger partial charge in [0.2, 0.25) is 0 Å². The van der Waals surface area contributed by atoms with Crippen LogP contribution < -0.4 is 0 Å². The minimum Gasteiger partial charge on any atom is -0.784 e. The second-order valence-electron chi connectivity index (χ2n) is 3.51. The van der Waals surface area contributed by atoms with E-state index in [1.54, 1.807) is 37.3 Å². The molecule has 0 aliphatic heterocycles. The Hall–Kier alpha value is -1.10. The summed E-state index contributed by atoms with van der Waals surface area (Å²) >= 11 is 0. The zero-order valence-corrected chi connectivity index (χ0v) is 8.60. The Morgan fingerprint density at radius 1 is 1.21 bits per heavy atom. The molecule has 0 bridgehead atoms. The number of hydroxylamine groups is 4. The summed E-state index contributed by atoms with van der Waals surface area (Å²) in [6.07, 6.45) is 8.59. The third kappa shape index (κ3) is 2.23. The van der Waals surface area contributed by atoms with Gasteiger partial charge in [-0.25, -0.2) is 0 Å². The molecule has 4 nitrogen and oxygen atoms in total. The van der Waals surface area contributed by atoms with Crippen LogP contribution in [0.3, 0.4) is 0 Å². The van der Waals surface area contributed by atoms with Gasteiger partial charge in [-0.2, -0.15) is 0 Å². The zero-order valence-electron chi connectivity index (χ0n) is 8.60. The molecular weight excluding hydrogens is 180 g/mol. The van der Waals surface area contributed by atoms with Gasteiger partial charge in [0.25, 0.3) is 0 Å². The molecule has 1 rings (SSSR count). The van der Waals surface area contributed by atoms with E-state index < -0.39 is 5.54 Å². The maximum absolute atomic E-state index is 11.3. The van der Waals surface area contributed by atoms with Crippen molar-refractivity contribution < 1.29 is 0 Å². The number of allylic oxidation sites excluding steroid dienone is 3. The van der Waals surface area contributed by atoms with Gasteiger partial charge < -0.3 is 20.5 Å². The lowest BCUT2D eigenvalue weighted by molar-refractivity contribution is 0.319. The molecule has 1 aliphatic rings. The van der Waals surface area contributed by atoms with Crippen LogP contribution in [0.4, 0.5) is 0 Å². The molecule has 0 N–H and O–H groups in total. The molecule has 78 valence electrons. The molecule has 0 spiro atoms. The van der Waals surface area contributed by atoms with E-state index in [-0.39, 0.29) is 0 Å². The monoisotopic (exact) mass is 194 g/mol. The van der Waals surface area contributed by atoms with Crippen molar-refractivity contribution in [2.24, 2.45) is 0 Å². The molecule has 0 saturated carbocycles. The lowest BCUT2D eigenvalue weighted by Gasteiger charge is -2.40. The van der Waals surface area contributed by atoms with E-state index in [0.717, 1.165) is 10.1 Å². The minimum absolute atomic E-state index is 0.486. The lowest BCUT2D eigenvalue weighted by atomic mass is 10.0. The van der Waals surface area contributed by atoms with Crippen molar-refractivity contribution >= 4 is 0 Å². The average molecular weight is 194 g/mol. The van der Waals surface area contributed by atoms with Gasteiger partial charge in [0.15, 0.2) is 0 Å². The maximum atomic E-state index is 11.3. The summed E-state index contributed by atoms with van der Waals surface area (Å²) < 4.78 is 0. The average Bonchev–Trinajstić information content (AvgIpc) is 2.28. The van der Waals surface area contributed by atoms with Crippen molar-refractivity contribution in [2.75, 3.05) is 14.1 Å². The van der Waals surface area contributed by atoms with E-state index in [2.05, 4.69) is 0 Å². The fraction of sp³-hybridized carbons (Fsp3) is 0.400. The summed E-state index contributed by atoms with van der Waals surface area (Å²) in [4.78, 5) is 0. The van der Waals surface area contributed by atoms with Crippen molar-refractivity contribution in [1.82, 2.24) is 10.1 Å². The van der Waals surface area contributed by atoms with Gasteiger partial charge in [-0.3, -0.25) is 0 Å².